The van der Waals surface area contributed by atoms with Crippen LogP contribution in [0.1, 0.15) is 25.2 Å². The molecule has 128 valence electrons. The normalized spacial score (nSPS) is 20.1. The van der Waals surface area contributed by atoms with E-state index in [-0.39, 0.29) is 6.10 Å². The molecule has 2 aromatic rings. The van der Waals surface area contributed by atoms with Crippen LogP contribution in [0, 0.1) is 0 Å². The van der Waals surface area contributed by atoms with Crippen LogP contribution in [0.4, 0.5) is 5.82 Å². The van der Waals surface area contributed by atoms with Gasteiger partial charge in [-0.15, -0.1) is 0 Å². The maximum atomic E-state index is 9.61. The molecule has 5 nitrogen and oxygen atoms in total. The Morgan fingerprint density at radius 1 is 1.21 bits per heavy atom. The molecule has 24 heavy (non-hydrogen) atoms. The number of anilines is 1. The standard InChI is InChI=1S/C19H26N4O/c1-15-13-23(11-10-22(15)14-16(2)24)19-8-9-20-18(21-19)12-17-6-4-3-5-7-17/h3-9,15-16,24H,10-14H2,1-2H3. The van der Waals surface area contributed by atoms with E-state index in [4.69, 9.17) is 4.98 Å². The van der Waals surface area contributed by atoms with Gasteiger partial charge >= 0.3 is 0 Å². The largest absolute Gasteiger partial charge is 0.392 e. The fourth-order valence-electron chi connectivity index (χ4n) is 3.24. The van der Waals surface area contributed by atoms with Crippen LogP contribution >= 0.6 is 0 Å². The summed E-state index contributed by atoms with van der Waals surface area (Å²) >= 11 is 0. The molecule has 1 N–H and O–H groups in total. The third-order valence-corrected chi connectivity index (χ3v) is 4.48. The highest BCUT2D eigenvalue weighted by atomic mass is 16.3. The molecule has 0 aliphatic carbocycles. The topological polar surface area (TPSA) is 52.5 Å². The number of hydrogen-bond acceptors (Lipinski definition) is 5. The van der Waals surface area contributed by atoms with Crippen LogP contribution in [-0.4, -0.2) is 58.3 Å². The van der Waals surface area contributed by atoms with Crippen LogP contribution in [0.5, 0.6) is 0 Å². The van der Waals surface area contributed by atoms with Gasteiger partial charge in [0.05, 0.1) is 6.10 Å². The molecule has 1 fully saturated rings. The van der Waals surface area contributed by atoms with Crippen LogP contribution in [-0.2, 0) is 6.42 Å². The highest BCUT2D eigenvalue weighted by Gasteiger charge is 2.25. The molecule has 0 radical (unpaired) electrons. The van der Waals surface area contributed by atoms with Crippen LogP contribution < -0.4 is 4.90 Å². The lowest BCUT2D eigenvalue weighted by Crippen LogP contribution is -2.53. The third kappa shape index (κ3) is 4.30. The predicted octanol–water partition coefficient (Wildman–Crippen LogP) is 1.96. The molecule has 1 aromatic carbocycles. The molecule has 1 saturated heterocycles. The Bertz CT molecular complexity index is 647. The predicted molar refractivity (Wildman–Crippen MR) is 96.2 cm³/mol. The third-order valence-electron chi connectivity index (χ3n) is 4.48. The Hall–Kier alpha value is -1.98. The molecule has 2 unspecified atom stereocenters. The van der Waals surface area contributed by atoms with Gasteiger partial charge in [0.2, 0.25) is 0 Å². The van der Waals surface area contributed by atoms with Gasteiger partial charge < -0.3 is 10.0 Å². The number of benzene rings is 1. The lowest BCUT2D eigenvalue weighted by atomic mass is 10.1. The molecule has 1 aromatic heterocycles. The van der Waals surface area contributed by atoms with Gasteiger partial charge in [-0.25, -0.2) is 9.97 Å². The first-order valence-corrected chi connectivity index (χ1v) is 8.64. The molecule has 2 heterocycles. The van der Waals surface area contributed by atoms with Crippen molar-refractivity contribution in [1.82, 2.24) is 14.9 Å². The Labute approximate surface area is 144 Å². The van der Waals surface area contributed by atoms with Crippen LogP contribution in [0.15, 0.2) is 42.6 Å². The summed E-state index contributed by atoms with van der Waals surface area (Å²) in [5.74, 6) is 1.86. The van der Waals surface area contributed by atoms with E-state index in [1.54, 1.807) is 0 Å². The van der Waals surface area contributed by atoms with Crippen molar-refractivity contribution in [3.8, 4) is 0 Å². The minimum atomic E-state index is -0.282. The van der Waals surface area contributed by atoms with Gasteiger partial charge in [0.15, 0.2) is 0 Å². The van der Waals surface area contributed by atoms with Gasteiger partial charge in [0.1, 0.15) is 11.6 Å². The average molecular weight is 326 g/mol. The van der Waals surface area contributed by atoms with Gasteiger partial charge in [0.25, 0.3) is 0 Å². The summed E-state index contributed by atoms with van der Waals surface area (Å²) < 4.78 is 0. The van der Waals surface area contributed by atoms with Gasteiger partial charge in [-0.3, -0.25) is 4.90 Å². The summed E-state index contributed by atoms with van der Waals surface area (Å²) in [4.78, 5) is 13.8. The zero-order chi connectivity index (χ0) is 16.9. The monoisotopic (exact) mass is 326 g/mol. The molecule has 0 saturated carbocycles. The molecule has 1 aliphatic rings. The fourth-order valence-corrected chi connectivity index (χ4v) is 3.24. The van der Waals surface area contributed by atoms with E-state index >= 15 is 0 Å². The zero-order valence-electron chi connectivity index (χ0n) is 14.5. The summed E-state index contributed by atoms with van der Waals surface area (Å²) in [6, 6.07) is 12.7. The number of aliphatic hydroxyl groups is 1. The van der Waals surface area contributed by atoms with E-state index in [0.29, 0.717) is 6.04 Å². The van der Waals surface area contributed by atoms with E-state index in [1.165, 1.54) is 5.56 Å². The van der Waals surface area contributed by atoms with Gasteiger partial charge in [-0.05, 0) is 25.5 Å². The minimum absolute atomic E-state index is 0.282. The molecule has 3 rings (SSSR count). The number of piperazine rings is 1. The van der Waals surface area contributed by atoms with Gasteiger partial charge in [-0.2, -0.15) is 0 Å². The second-order valence-corrected chi connectivity index (χ2v) is 6.63. The first-order valence-electron chi connectivity index (χ1n) is 8.64. The molecular weight excluding hydrogens is 300 g/mol. The number of nitrogens with zero attached hydrogens (tertiary/aromatic N) is 4. The summed E-state index contributed by atoms with van der Waals surface area (Å²) in [6.07, 6.45) is 2.33. The number of hydrogen-bond donors (Lipinski definition) is 1. The summed E-state index contributed by atoms with van der Waals surface area (Å²) in [5.41, 5.74) is 1.23. The van der Waals surface area contributed by atoms with Crippen molar-refractivity contribution in [1.29, 1.82) is 0 Å². The molecule has 2 atom stereocenters. The summed E-state index contributed by atoms with van der Waals surface area (Å²) in [6.45, 7) is 7.59. The highest BCUT2D eigenvalue weighted by molar-refractivity contribution is 5.39. The van der Waals surface area contributed by atoms with Crippen molar-refractivity contribution >= 4 is 5.82 Å². The highest BCUT2D eigenvalue weighted by Crippen LogP contribution is 2.18. The van der Waals surface area contributed by atoms with E-state index in [0.717, 1.165) is 44.2 Å². The Balaban J connectivity index is 1.66. The Morgan fingerprint density at radius 2 is 2.00 bits per heavy atom. The van der Waals surface area contributed by atoms with Crippen LogP contribution in [0.3, 0.4) is 0 Å². The molecule has 0 spiro atoms. The van der Waals surface area contributed by atoms with Gasteiger partial charge in [0, 0.05) is 44.8 Å². The number of rotatable bonds is 5. The van der Waals surface area contributed by atoms with E-state index < -0.39 is 0 Å². The SMILES string of the molecule is CC(O)CN1CCN(c2ccnc(Cc3ccccc3)n2)CC1C. The van der Waals surface area contributed by atoms with Crippen molar-refractivity contribution in [3.63, 3.8) is 0 Å². The van der Waals surface area contributed by atoms with E-state index in [9.17, 15) is 5.11 Å². The summed E-state index contributed by atoms with van der Waals surface area (Å²) in [7, 11) is 0. The van der Waals surface area contributed by atoms with Gasteiger partial charge in [-0.1, -0.05) is 30.3 Å². The quantitative estimate of drug-likeness (QED) is 0.910. The van der Waals surface area contributed by atoms with Crippen molar-refractivity contribution in [3.05, 3.63) is 54.0 Å². The second kappa shape index (κ2) is 7.73. The van der Waals surface area contributed by atoms with Crippen LogP contribution in [0.25, 0.3) is 0 Å². The first-order chi connectivity index (χ1) is 11.6. The number of aliphatic hydroxyl groups excluding tert-OH is 1. The lowest BCUT2D eigenvalue weighted by molar-refractivity contribution is 0.0958. The second-order valence-electron chi connectivity index (χ2n) is 6.63. The van der Waals surface area contributed by atoms with Crippen molar-refractivity contribution in [2.45, 2.75) is 32.4 Å². The van der Waals surface area contributed by atoms with E-state index in [1.807, 2.05) is 37.4 Å². The maximum Gasteiger partial charge on any atom is 0.135 e. The lowest BCUT2D eigenvalue weighted by Gasteiger charge is -2.40. The Morgan fingerprint density at radius 3 is 2.71 bits per heavy atom. The van der Waals surface area contributed by atoms with Crippen molar-refractivity contribution < 1.29 is 5.11 Å². The smallest absolute Gasteiger partial charge is 0.135 e. The number of β-amino-alcohol motifs (C(OH)–C–C–N with tert-alkyl or cyclic N) is 1. The summed E-state index contributed by atoms with van der Waals surface area (Å²) in [5, 5.41) is 9.61. The van der Waals surface area contributed by atoms with E-state index in [2.05, 4.69) is 33.8 Å². The number of aromatic nitrogens is 2. The first kappa shape index (κ1) is 16.9. The maximum absolute atomic E-state index is 9.61. The average Bonchev–Trinajstić information content (AvgIpc) is 2.57. The zero-order valence-corrected chi connectivity index (χ0v) is 14.5. The molecule has 0 bridgehead atoms. The Kier molecular flexibility index (Phi) is 5.43. The molecule has 1 aliphatic heterocycles. The van der Waals surface area contributed by atoms with Crippen molar-refractivity contribution in [2.75, 3.05) is 31.1 Å². The molecular formula is C19H26N4O. The minimum Gasteiger partial charge on any atom is -0.392 e. The molecule has 5 heteroatoms. The van der Waals surface area contributed by atoms with Crippen molar-refractivity contribution in [2.24, 2.45) is 0 Å². The fraction of sp³-hybridized carbons (Fsp3) is 0.474. The van der Waals surface area contributed by atoms with Crippen LogP contribution in [0.2, 0.25) is 0 Å². The molecule has 0 amide bonds.